The monoisotopic (exact) mass is 574 g/mol. The first-order valence-corrected chi connectivity index (χ1v) is 12.5. The normalized spacial score (nSPS) is 12.8. The smallest absolute Gasteiger partial charge is 0.328 e. The minimum absolute atomic E-state index is 0.0834. The Kier molecular flexibility index (Phi) is 10.7. The molecule has 0 fully saturated rings. The number of ether oxygens (including phenoxy) is 5. The van der Waals surface area contributed by atoms with Gasteiger partial charge in [0.05, 0.1) is 12.1 Å². The molecule has 0 aliphatic rings. The van der Waals surface area contributed by atoms with E-state index in [-0.39, 0.29) is 22.2 Å². The van der Waals surface area contributed by atoms with Crippen molar-refractivity contribution in [2.75, 3.05) is 13.9 Å². The summed E-state index contributed by atoms with van der Waals surface area (Å²) in [5, 5.41) is 2.60. The van der Waals surface area contributed by atoms with Crippen molar-refractivity contribution in [3.05, 3.63) is 82.9 Å². The molecule has 40 heavy (non-hydrogen) atoms. The molecular weight excluding hydrogens is 547 g/mol. The highest BCUT2D eigenvalue weighted by Crippen LogP contribution is 2.32. The van der Waals surface area contributed by atoms with Gasteiger partial charge in [0.1, 0.15) is 23.7 Å². The van der Waals surface area contributed by atoms with Crippen molar-refractivity contribution in [1.82, 2.24) is 10.3 Å². The highest BCUT2D eigenvalue weighted by molar-refractivity contribution is 6.31. The average molecular weight is 575 g/mol. The van der Waals surface area contributed by atoms with Crippen LogP contribution in [0.25, 0.3) is 0 Å². The van der Waals surface area contributed by atoms with Crippen LogP contribution in [0.4, 0.5) is 4.39 Å². The van der Waals surface area contributed by atoms with E-state index in [1.54, 1.807) is 31.2 Å². The molecule has 0 bridgehead atoms. The highest BCUT2D eigenvalue weighted by atomic mass is 35.5. The molecule has 0 radical (unpaired) electrons. The summed E-state index contributed by atoms with van der Waals surface area (Å²) < 4.78 is 40.8. The van der Waals surface area contributed by atoms with Gasteiger partial charge in [0.15, 0.2) is 23.3 Å². The molecule has 2 aromatic carbocycles. The highest BCUT2D eigenvalue weighted by Gasteiger charge is 2.30. The van der Waals surface area contributed by atoms with E-state index in [4.69, 9.17) is 35.3 Å². The number of carbonyl (C=O) groups is 3. The third kappa shape index (κ3) is 8.06. The lowest BCUT2D eigenvalue weighted by molar-refractivity contribution is -0.155. The van der Waals surface area contributed by atoms with Gasteiger partial charge in [0.25, 0.3) is 5.91 Å². The summed E-state index contributed by atoms with van der Waals surface area (Å²) in [5.41, 5.74) is 0.196. The van der Waals surface area contributed by atoms with Crippen LogP contribution >= 0.6 is 11.6 Å². The van der Waals surface area contributed by atoms with Crippen molar-refractivity contribution in [3.63, 3.8) is 0 Å². The first-order chi connectivity index (χ1) is 19.1. The molecule has 0 aliphatic carbocycles. The second-order valence-corrected chi connectivity index (χ2v) is 8.85. The zero-order valence-electron chi connectivity index (χ0n) is 22.2. The van der Waals surface area contributed by atoms with Gasteiger partial charge in [-0.15, -0.1) is 0 Å². The number of methoxy groups -OCH3 is 1. The van der Waals surface area contributed by atoms with Crippen LogP contribution in [0.2, 0.25) is 5.02 Å². The van der Waals surface area contributed by atoms with E-state index in [1.165, 1.54) is 45.4 Å². The van der Waals surface area contributed by atoms with Gasteiger partial charge in [-0.05, 0) is 38.1 Å². The molecule has 12 heteroatoms. The van der Waals surface area contributed by atoms with E-state index in [1.807, 2.05) is 6.07 Å². The molecule has 212 valence electrons. The summed E-state index contributed by atoms with van der Waals surface area (Å²) in [4.78, 5) is 41.1. The number of nitrogens with one attached hydrogen (secondary N) is 1. The maximum Gasteiger partial charge on any atom is 0.328 e. The van der Waals surface area contributed by atoms with Gasteiger partial charge >= 0.3 is 11.9 Å². The predicted molar refractivity (Wildman–Crippen MR) is 142 cm³/mol. The Labute approximate surface area is 235 Å². The van der Waals surface area contributed by atoms with Crippen LogP contribution in [0.1, 0.15) is 42.9 Å². The second kappa shape index (κ2) is 14.1. The lowest BCUT2D eigenvalue weighted by Crippen LogP contribution is -2.42. The average Bonchev–Trinajstić information content (AvgIpc) is 2.92. The number of benzene rings is 2. The number of halogens is 2. The van der Waals surface area contributed by atoms with E-state index in [0.717, 1.165) is 6.07 Å². The summed E-state index contributed by atoms with van der Waals surface area (Å²) in [6, 6.07) is 12.9. The number of aromatic nitrogens is 1. The van der Waals surface area contributed by atoms with Gasteiger partial charge in [-0.3, -0.25) is 9.59 Å². The number of carbonyl (C=O) groups excluding carboxylic acids is 3. The number of hydrogen-bond acceptors (Lipinski definition) is 9. The van der Waals surface area contributed by atoms with Gasteiger partial charge in [0.2, 0.25) is 6.79 Å². The van der Waals surface area contributed by atoms with Crippen LogP contribution in [0.3, 0.4) is 0 Å². The minimum Gasteiger partial charge on any atom is -0.493 e. The third-order valence-corrected chi connectivity index (χ3v) is 5.80. The Morgan fingerprint density at radius 3 is 2.45 bits per heavy atom. The van der Waals surface area contributed by atoms with Crippen molar-refractivity contribution >= 4 is 29.4 Å². The Hall–Kier alpha value is -4.38. The summed E-state index contributed by atoms with van der Waals surface area (Å²) >= 11 is 6.29. The van der Waals surface area contributed by atoms with Crippen LogP contribution in [0.15, 0.2) is 60.8 Å². The Morgan fingerprint density at radius 2 is 1.80 bits per heavy atom. The van der Waals surface area contributed by atoms with Gasteiger partial charge in [-0.2, -0.15) is 0 Å². The van der Waals surface area contributed by atoms with Crippen LogP contribution in [0.5, 0.6) is 17.2 Å². The predicted octanol–water partition coefficient (Wildman–Crippen LogP) is 4.65. The molecule has 3 rings (SSSR count). The molecule has 3 atom stereocenters. The summed E-state index contributed by atoms with van der Waals surface area (Å²) in [6.45, 7) is 3.72. The fraction of sp³-hybridized carbons (Fsp3) is 0.286. The topological polar surface area (TPSA) is 122 Å². The van der Waals surface area contributed by atoms with Crippen molar-refractivity contribution in [2.45, 2.75) is 39.0 Å². The number of pyridine rings is 1. The molecule has 0 spiro atoms. The number of hydrogen-bond donors (Lipinski definition) is 1. The summed E-state index contributed by atoms with van der Waals surface area (Å²) in [5.74, 6) is -2.12. The number of esters is 2. The lowest BCUT2D eigenvalue weighted by atomic mass is 10.0. The SMILES string of the molecule is COc1ccnc(C(=O)N[C@@H](C)C(=O)O[C@@H](C)[C@H](Oc2ccccc2)c2ccc(F)cc2Cl)c1OCOC(C)=O. The zero-order chi connectivity index (χ0) is 29.2. The summed E-state index contributed by atoms with van der Waals surface area (Å²) in [7, 11) is 1.36. The second-order valence-electron chi connectivity index (χ2n) is 8.44. The van der Waals surface area contributed by atoms with E-state index < -0.39 is 48.7 Å². The fourth-order valence-corrected chi connectivity index (χ4v) is 3.80. The lowest BCUT2D eigenvalue weighted by Gasteiger charge is -2.27. The number of nitrogens with zero attached hydrogens (tertiary/aromatic N) is 1. The minimum atomic E-state index is -1.13. The quantitative estimate of drug-likeness (QED) is 0.243. The maximum absolute atomic E-state index is 13.7. The Bertz CT molecular complexity index is 1340. The van der Waals surface area contributed by atoms with Gasteiger partial charge in [-0.1, -0.05) is 35.9 Å². The fourth-order valence-electron chi connectivity index (χ4n) is 3.52. The van der Waals surface area contributed by atoms with Crippen molar-refractivity contribution in [1.29, 1.82) is 0 Å². The number of amides is 1. The van der Waals surface area contributed by atoms with Crippen LogP contribution < -0.4 is 19.5 Å². The molecule has 1 N–H and O–H groups in total. The van der Waals surface area contributed by atoms with E-state index in [2.05, 4.69) is 10.3 Å². The molecule has 1 amide bonds. The largest absolute Gasteiger partial charge is 0.493 e. The van der Waals surface area contributed by atoms with E-state index in [0.29, 0.717) is 11.3 Å². The molecule has 0 saturated carbocycles. The zero-order valence-corrected chi connectivity index (χ0v) is 22.9. The number of rotatable bonds is 12. The first kappa shape index (κ1) is 30.2. The molecule has 1 aromatic heterocycles. The molecule has 0 saturated heterocycles. The third-order valence-electron chi connectivity index (χ3n) is 5.47. The molecule has 1 heterocycles. The van der Waals surface area contributed by atoms with Crippen molar-refractivity contribution in [3.8, 4) is 17.2 Å². The van der Waals surface area contributed by atoms with Gasteiger partial charge in [0, 0.05) is 24.8 Å². The van der Waals surface area contributed by atoms with Crippen LogP contribution in [-0.2, 0) is 19.1 Å². The van der Waals surface area contributed by atoms with Gasteiger partial charge in [-0.25, -0.2) is 14.2 Å². The molecule has 3 aromatic rings. The van der Waals surface area contributed by atoms with Gasteiger partial charge < -0.3 is 29.0 Å². The molecule has 0 aliphatic heterocycles. The van der Waals surface area contributed by atoms with Crippen LogP contribution in [0, 0.1) is 5.82 Å². The maximum atomic E-state index is 13.7. The standard InChI is InChI=1S/C28H28ClFN2O8/c1-16(32-27(34)24-26(38-15-37-18(3)33)23(36-4)12-13-31-24)28(35)39-17(2)25(40-20-8-6-5-7-9-20)21-11-10-19(30)14-22(21)29/h5-14,16-17,25H,15H2,1-4H3,(H,32,34)/t16-,17-,25-/m0/s1. The van der Waals surface area contributed by atoms with E-state index >= 15 is 0 Å². The number of para-hydroxylation sites is 1. The first-order valence-electron chi connectivity index (χ1n) is 12.1. The Morgan fingerprint density at radius 1 is 1.07 bits per heavy atom. The Balaban J connectivity index is 1.75. The van der Waals surface area contributed by atoms with E-state index in [9.17, 15) is 18.8 Å². The van der Waals surface area contributed by atoms with Crippen LogP contribution in [-0.4, -0.2) is 48.9 Å². The molecular formula is C28H28ClFN2O8. The molecule has 10 nitrogen and oxygen atoms in total. The summed E-state index contributed by atoms with van der Waals surface area (Å²) in [6.07, 6.45) is -0.494. The van der Waals surface area contributed by atoms with Crippen molar-refractivity contribution in [2.24, 2.45) is 0 Å². The molecule has 0 unspecified atom stereocenters. The van der Waals surface area contributed by atoms with Crippen molar-refractivity contribution < 1.29 is 42.5 Å².